The summed E-state index contributed by atoms with van der Waals surface area (Å²) in [5.74, 6) is -4.98. The van der Waals surface area contributed by atoms with Gasteiger partial charge in [0.2, 0.25) is 5.79 Å². The molecular formula is C7H10O10P-3. The van der Waals surface area contributed by atoms with E-state index in [9.17, 15) is 39.6 Å². The fourth-order valence-electron chi connectivity index (χ4n) is 1.45. The summed E-state index contributed by atoms with van der Waals surface area (Å²) < 4.78 is 18.5. The Bertz CT molecular complexity index is 365. The number of carbonyl (C=O) groups excluding carboxylic acids is 1. The molecule has 0 aromatic carbocycles. The van der Waals surface area contributed by atoms with Crippen LogP contribution in [0, 0.1) is 0 Å². The van der Waals surface area contributed by atoms with Crippen LogP contribution in [-0.4, -0.2) is 52.0 Å². The molecule has 0 spiro atoms. The normalized spacial score (nSPS) is 37.5. The highest BCUT2D eigenvalue weighted by Crippen LogP contribution is 2.31. The van der Waals surface area contributed by atoms with Gasteiger partial charge in [-0.1, -0.05) is 0 Å². The Hall–Kier alpha value is -0.580. The molecule has 0 aromatic heterocycles. The molecule has 0 amide bonds. The van der Waals surface area contributed by atoms with E-state index in [0.717, 1.165) is 0 Å². The summed E-state index contributed by atoms with van der Waals surface area (Å²) in [7, 11) is -5.36. The second-order valence-electron chi connectivity index (χ2n) is 3.73. The van der Waals surface area contributed by atoms with Crippen LogP contribution in [0.1, 0.15) is 6.42 Å². The first-order valence-corrected chi connectivity index (χ1v) is 6.15. The Morgan fingerprint density at radius 1 is 1.50 bits per heavy atom. The van der Waals surface area contributed by atoms with Gasteiger partial charge in [0, 0.05) is 6.42 Å². The first-order chi connectivity index (χ1) is 8.05. The van der Waals surface area contributed by atoms with Crippen molar-refractivity contribution in [2.24, 2.45) is 0 Å². The van der Waals surface area contributed by atoms with Gasteiger partial charge in [-0.25, -0.2) is 0 Å². The van der Waals surface area contributed by atoms with E-state index < -0.39 is 50.9 Å². The van der Waals surface area contributed by atoms with E-state index in [2.05, 4.69) is 9.26 Å². The largest absolute Gasteiger partial charge is 0.790 e. The lowest BCUT2D eigenvalue weighted by Crippen LogP contribution is -2.62. The minimum absolute atomic E-state index is 0.876. The number of aliphatic hydroxyl groups excluding tert-OH is 2. The zero-order valence-electron chi connectivity index (χ0n) is 8.79. The Morgan fingerprint density at radius 3 is 2.50 bits per heavy atom. The molecule has 10 nitrogen and oxygen atoms in total. The van der Waals surface area contributed by atoms with Gasteiger partial charge >= 0.3 is 0 Å². The lowest BCUT2D eigenvalue weighted by atomic mass is 9.96. The zero-order chi connectivity index (χ0) is 14.1. The maximum absolute atomic E-state index is 10.6. The third kappa shape index (κ3) is 3.70. The third-order valence-corrected chi connectivity index (χ3v) is 2.79. The number of carboxylic acids is 1. The van der Waals surface area contributed by atoms with E-state index in [4.69, 9.17) is 0 Å². The molecule has 106 valence electrons. The van der Waals surface area contributed by atoms with Gasteiger partial charge in [-0.05, 0) is 0 Å². The molecule has 3 N–H and O–H groups in total. The van der Waals surface area contributed by atoms with Crippen molar-refractivity contribution in [3.63, 3.8) is 0 Å². The van der Waals surface area contributed by atoms with Gasteiger partial charge in [0.15, 0.2) is 0 Å². The summed E-state index contributed by atoms with van der Waals surface area (Å²) in [6.07, 6.45) is -6.03. The average Bonchev–Trinajstić information content (AvgIpc) is 2.20. The highest BCUT2D eigenvalue weighted by atomic mass is 31.2. The molecule has 0 radical (unpaired) electrons. The van der Waals surface area contributed by atoms with Crippen molar-refractivity contribution in [3.05, 3.63) is 0 Å². The Labute approximate surface area is 101 Å². The molecule has 0 aliphatic carbocycles. The molecule has 1 rings (SSSR count). The van der Waals surface area contributed by atoms with E-state index in [0.29, 0.717) is 0 Å². The fraction of sp³-hybridized carbons (Fsp3) is 0.857. The molecule has 0 aromatic rings. The average molecular weight is 285 g/mol. The number of ether oxygens (including phenoxy) is 1. The SMILES string of the molecule is O=C([O-])[C@@]1(O)C[C@@H](O)[C@H](O)[C@@H](COP(=O)([O-])[O-])O1. The van der Waals surface area contributed by atoms with E-state index >= 15 is 0 Å². The molecule has 0 bridgehead atoms. The third-order valence-electron chi connectivity index (χ3n) is 2.32. The van der Waals surface area contributed by atoms with Crippen molar-refractivity contribution in [2.45, 2.75) is 30.5 Å². The van der Waals surface area contributed by atoms with Crippen molar-refractivity contribution in [2.75, 3.05) is 6.61 Å². The second kappa shape index (κ2) is 5.19. The quantitative estimate of drug-likeness (QED) is 0.422. The summed E-state index contributed by atoms with van der Waals surface area (Å²) >= 11 is 0. The number of carbonyl (C=O) groups is 1. The lowest BCUT2D eigenvalue weighted by molar-refractivity contribution is -0.377. The number of hydrogen-bond acceptors (Lipinski definition) is 10. The molecule has 1 aliphatic heterocycles. The Balaban J connectivity index is 2.76. The summed E-state index contributed by atoms with van der Waals surface area (Å²) in [5.41, 5.74) is 0. The van der Waals surface area contributed by atoms with Gasteiger partial charge in [0.05, 0.1) is 20.5 Å². The number of phosphoric acid groups is 1. The Morgan fingerprint density at radius 2 is 2.06 bits per heavy atom. The van der Waals surface area contributed by atoms with Crippen LogP contribution in [0.25, 0.3) is 0 Å². The topological polar surface area (TPSA) is 182 Å². The van der Waals surface area contributed by atoms with Gasteiger partial charge in [0.1, 0.15) is 18.2 Å². The van der Waals surface area contributed by atoms with E-state index in [-0.39, 0.29) is 0 Å². The minimum Gasteiger partial charge on any atom is -0.790 e. The van der Waals surface area contributed by atoms with Gasteiger partial charge in [-0.2, -0.15) is 0 Å². The maximum atomic E-state index is 10.6. The van der Waals surface area contributed by atoms with Crippen molar-refractivity contribution in [1.82, 2.24) is 0 Å². The molecule has 11 heteroatoms. The first-order valence-electron chi connectivity index (χ1n) is 4.69. The second-order valence-corrected chi connectivity index (χ2v) is 4.89. The van der Waals surface area contributed by atoms with Crippen LogP contribution in [0.3, 0.4) is 0 Å². The van der Waals surface area contributed by atoms with Crippen molar-refractivity contribution < 1.29 is 48.8 Å². The number of aliphatic carboxylic acids is 1. The summed E-state index contributed by atoms with van der Waals surface area (Å²) in [5, 5.41) is 38.7. The van der Waals surface area contributed by atoms with E-state index in [1.54, 1.807) is 0 Å². The standard InChI is InChI=1S/C7H13O10P/c8-3-1-7(12,6(10)11)17-4(5(3)9)2-16-18(13,14)15/h3-5,8-9,12H,1-2H2,(H,10,11)(H2,13,14,15)/p-3/t3-,4-,5+,7-/m1/s1. The molecule has 0 unspecified atom stereocenters. The van der Waals surface area contributed by atoms with Crippen molar-refractivity contribution in [1.29, 1.82) is 0 Å². The smallest absolute Gasteiger partial charge is 0.210 e. The van der Waals surface area contributed by atoms with Crippen LogP contribution in [0.5, 0.6) is 0 Å². The van der Waals surface area contributed by atoms with Crippen LogP contribution in [-0.2, 0) is 18.6 Å². The number of hydrogen-bond donors (Lipinski definition) is 3. The van der Waals surface area contributed by atoms with Crippen molar-refractivity contribution >= 4 is 13.8 Å². The number of aliphatic hydroxyl groups is 3. The fourth-order valence-corrected chi connectivity index (χ4v) is 1.78. The summed E-state index contributed by atoms with van der Waals surface area (Å²) in [4.78, 5) is 31.0. The molecule has 0 saturated carbocycles. The lowest BCUT2D eigenvalue weighted by Gasteiger charge is -2.43. The molecule has 1 heterocycles. The summed E-state index contributed by atoms with van der Waals surface area (Å²) in [6.45, 7) is -1.04. The highest BCUT2D eigenvalue weighted by Gasteiger charge is 2.46. The van der Waals surface area contributed by atoms with Crippen LogP contribution in [0.4, 0.5) is 0 Å². The van der Waals surface area contributed by atoms with Gasteiger partial charge in [-0.15, -0.1) is 0 Å². The van der Waals surface area contributed by atoms with Gasteiger partial charge in [0.25, 0.3) is 0 Å². The molecule has 1 aliphatic rings. The van der Waals surface area contributed by atoms with Crippen LogP contribution in [0.15, 0.2) is 0 Å². The van der Waals surface area contributed by atoms with Gasteiger partial charge < -0.3 is 48.8 Å². The minimum atomic E-state index is -5.36. The Kier molecular flexibility index (Phi) is 4.47. The molecule has 18 heavy (non-hydrogen) atoms. The summed E-state index contributed by atoms with van der Waals surface area (Å²) in [6, 6.07) is 0. The van der Waals surface area contributed by atoms with Crippen molar-refractivity contribution in [3.8, 4) is 0 Å². The van der Waals surface area contributed by atoms with Gasteiger partial charge in [-0.3, -0.25) is 0 Å². The molecule has 1 saturated heterocycles. The number of carboxylic acid groups (broad SMARTS) is 1. The van der Waals surface area contributed by atoms with E-state index in [1.807, 2.05) is 0 Å². The van der Waals surface area contributed by atoms with Crippen LogP contribution >= 0.6 is 7.82 Å². The predicted octanol–water partition coefficient (Wildman–Crippen LogP) is -5.22. The van der Waals surface area contributed by atoms with Crippen LogP contribution < -0.4 is 14.9 Å². The monoisotopic (exact) mass is 285 g/mol. The zero-order valence-corrected chi connectivity index (χ0v) is 9.69. The maximum Gasteiger partial charge on any atom is 0.210 e. The number of phosphoric ester groups is 1. The molecule has 1 fully saturated rings. The molecule has 4 atom stereocenters. The van der Waals surface area contributed by atoms with E-state index in [1.165, 1.54) is 0 Å². The molecular weight excluding hydrogens is 275 g/mol. The highest BCUT2D eigenvalue weighted by molar-refractivity contribution is 7.43. The number of rotatable bonds is 4. The van der Waals surface area contributed by atoms with Crippen LogP contribution in [0.2, 0.25) is 0 Å². The first kappa shape index (κ1) is 15.5. The predicted molar refractivity (Wildman–Crippen MR) is 45.0 cm³/mol.